The Kier molecular flexibility index (Phi) is 2.58. The van der Waals surface area contributed by atoms with Crippen LogP contribution in [0.15, 0.2) is 34.9 Å². The molecule has 1 fully saturated rings. The lowest BCUT2D eigenvalue weighted by Gasteiger charge is -2.24. The van der Waals surface area contributed by atoms with Gasteiger partial charge in [0.2, 0.25) is 0 Å². The van der Waals surface area contributed by atoms with E-state index >= 15 is 0 Å². The molecule has 92 valence electrons. The number of aliphatic hydroxyl groups excluding tert-OH is 1. The molecule has 1 aromatic heterocycles. The minimum atomic E-state index is -0.881. The van der Waals surface area contributed by atoms with Crippen molar-refractivity contribution in [1.82, 2.24) is 0 Å². The molecule has 18 heavy (non-hydrogen) atoms. The van der Waals surface area contributed by atoms with Crippen molar-refractivity contribution in [3.05, 3.63) is 36.1 Å². The van der Waals surface area contributed by atoms with E-state index in [1.165, 1.54) is 6.26 Å². The van der Waals surface area contributed by atoms with Gasteiger partial charge in [0.1, 0.15) is 17.1 Å². The third-order valence-corrected chi connectivity index (χ3v) is 3.60. The van der Waals surface area contributed by atoms with Gasteiger partial charge < -0.3 is 14.3 Å². The van der Waals surface area contributed by atoms with Gasteiger partial charge in [0, 0.05) is 17.6 Å². The highest BCUT2D eigenvalue weighted by atomic mass is 16.5. The van der Waals surface area contributed by atoms with Crippen LogP contribution < -0.4 is 0 Å². The summed E-state index contributed by atoms with van der Waals surface area (Å²) in [6.07, 6.45) is 1.20. The molecule has 2 unspecified atom stereocenters. The molecule has 0 saturated carbocycles. The molecule has 2 atom stereocenters. The van der Waals surface area contributed by atoms with Crippen LogP contribution >= 0.6 is 0 Å². The highest BCUT2D eigenvalue weighted by Gasteiger charge is 2.44. The largest absolute Gasteiger partial charge is 0.464 e. The number of furan rings is 1. The highest BCUT2D eigenvalue weighted by Crippen LogP contribution is 2.43. The van der Waals surface area contributed by atoms with Gasteiger partial charge in [0.15, 0.2) is 0 Å². The Morgan fingerprint density at radius 1 is 1.39 bits per heavy atom. The minimum Gasteiger partial charge on any atom is -0.464 e. The minimum absolute atomic E-state index is 0.268. The van der Waals surface area contributed by atoms with Gasteiger partial charge in [-0.1, -0.05) is 18.2 Å². The monoisotopic (exact) mass is 243 g/mol. The lowest BCUT2D eigenvalue weighted by atomic mass is 9.79. The number of nitrogens with zero attached hydrogens (tertiary/aromatic N) is 1. The van der Waals surface area contributed by atoms with Gasteiger partial charge in [0.05, 0.1) is 18.9 Å². The summed E-state index contributed by atoms with van der Waals surface area (Å²) in [4.78, 5) is 0. The second kappa shape index (κ2) is 4.13. The fraction of sp³-hybridized carbons (Fsp3) is 0.357. The molecule has 4 nitrogen and oxygen atoms in total. The van der Waals surface area contributed by atoms with E-state index < -0.39 is 11.5 Å². The lowest BCUT2D eigenvalue weighted by Crippen LogP contribution is -2.27. The van der Waals surface area contributed by atoms with E-state index in [9.17, 15) is 10.4 Å². The van der Waals surface area contributed by atoms with Gasteiger partial charge in [-0.15, -0.1) is 0 Å². The number of benzene rings is 1. The molecular weight excluding hydrogens is 230 g/mol. The first-order valence-corrected chi connectivity index (χ1v) is 5.90. The summed E-state index contributed by atoms with van der Waals surface area (Å²) in [6.45, 7) is 0.782. The summed E-state index contributed by atoms with van der Waals surface area (Å²) in [6, 6.07) is 9.71. The zero-order valence-corrected chi connectivity index (χ0v) is 9.80. The Morgan fingerprint density at radius 2 is 2.22 bits per heavy atom. The highest BCUT2D eigenvalue weighted by molar-refractivity contribution is 5.81. The van der Waals surface area contributed by atoms with E-state index in [1.54, 1.807) is 0 Å². The summed E-state index contributed by atoms with van der Waals surface area (Å²) in [5, 5.41) is 20.7. The molecule has 2 aromatic rings. The first-order valence-electron chi connectivity index (χ1n) is 5.90. The molecule has 0 aliphatic carbocycles. The molecule has 1 N–H and O–H groups in total. The summed E-state index contributed by atoms with van der Waals surface area (Å²) in [7, 11) is 0. The van der Waals surface area contributed by atoms with Crippen molar-refractivity contribution in [2.75, 3.05) is 13.2 Å². The van der Waals surface area contributed by atoms with Crippen LogP contribution in [0.3, 0.4) is 0 Å². The van der Waals surface area contributed by atoms with Crippen LogP contribution in [0.5, 0.6) is 0 Å². The van der Waals surface area contributed by atoms with Crippen molar-refractivity contribution in [3.8, 4) is 6.07 Å². The van der Waals surface area contributed by atoms with Crippen molar-refractivity contribution in [3.63, 3.8) is 0 Å². The second-order valence-electron chi connectivity index (χ2n) is 4.66. The number of nitriles is 1. The maximum absolute atomic E-state index is 10.5. The third-order valence-electron chi connectivity index (χ3n) is 3.60. The summed E-state index contributed by atoms with van der Waals surface area (Å²) >= 11 is 0. The standard InChI is InChI=1S/C14H13NO3/c15-8-14(5-6-17-9-14)13(16)11-7-18-12-4-2-1-3-10(11)12/h1-4,7,13,16H,5-6,9H2. The lowest BCUT2D eigenvalue weighted by molar-refractivity contribution is 0.0509. The molecule has 3 rings (SSSR count). The Labute approximate surface area is 104 Å². The van der Waals surface area contributed by atoms with E-state index in [0.29, 0.717) is 18.6 Å². The zero-order chi connectivity index (χ0) is 12.6. The fourth-order valence-corrected chi connectivity index (χ4v) is 2.45. The Balaban J connectivity index is 2.07. The van der Waals surface area contributed by atoms with Crippen LogP contribution in [0.25, 0.3) is 11.0 Å². The second-order valence-corrected chi connectivity index (χ2v) is 4.66. The molecule has 0 spiro atoms. The van der Waals surface area contributed by atoms with Crippen LogP contribution in [0.1, 0.15) is 18.1 Å². The number of fused-ring (bicyclic) bond motifs is 1. The van der Waals surface area contributed by atoms with E-state index in [0.717, 1.165) is 11.0 Å². The molecular formula is C14H13NO3. The molecule has 1 saturated heterocycles. The summed E-state index contributed by atoms with van der Waals surface area (Å²) < 4.78 is 10.7. The first-order chi connectivity index (χ1) is 8.77. The number of aliphatic hydroxyl groups is 1. The van der Waals surface area contributed by atoms with E-state index in [2.05, 4.69) is 6.07 Å². The average molecular weight is 243 g/mol. The summed E-state index contributed by atoms with van der Waals surface area (Å²) in [5.41, 5.74) is 0.531. The third kappa shape index (κ3) is 1.52. The number of hydrogen-bond acceptors (Lipinski definition) is 4. The average Bonchev–Trinajstić information content (AvgIpc) is 3.05. The predicted molar refractivity (Wildman–Crippen MR) is 64.7 cm³/mol. The predicted octanol–water partition coefficient (Wildman–Crippen LogP) is 2.40. The van der Waals surface area contributed by atoms with Crippen LogP contribution in [-0.2, 0) is 4.74 Å². The molecule has 0 amide bonds. The normalized spacial score (nSPS) is 25.1. The fourth-order valence-electron chi connectivity index (χ4n) is 2.45. The molecule has 1 aliphatic rings. The molecule has 0 radical (unpaired) electrons. The van der Waals surface area contributed by atoms with Crippen molar-refractivity contribution < 1.29 is 14.3 Å². The number of para-hydroxylation sites is 1. The van der Waals surface area contributed by atoms with Crippen LogP contribution in [0.4, 0.5) is 0 Å². The molecule has 4 heteroatoms. The van der Waals surface area contributed by atoms with Gasteiger partial charge in [-0.25, -0.2) is 0 Å². The molecule has 0 bridgehead atoms. The van der Waals surface area contributed by atoms with Crippen molar-refractivity contribution in [1.29, 1.82) is 5.26 Å². The van der Waals surface area contributed by atoms with Gasteiger partial charge in [-0.3, -0.25) is 0 Å². The smallest absolute Gasteiger partial charge is 0.134 e. The van der Waals surface area contributed by atoms with Crippen molar-refractivity contribution in [2.24, 2.45) is 5.41 Å². The van der Waals surface area contributed by atoms with Crippen molar-refractivity contribution in [2.45, 2.75) is 12.5 Å². The zero-order valence-electron chi connectivity index (χ0n) is 9.80. The quantitative estimate of drug-likeness (QED) is 0.879. The van der Waals surface area contributed by atoms with Crippen molar-refractivity contribution >= 4 is 11.0 Å². The van der Waals surface area contributed by atoms with Crippen LogP contribution in [-0.4, -0.2) is 18.3 Å². The van der Waals surface area contributed by atoms with Gasteiger partial charge in [-0.2, -0.15) is 5.26 Å². The van der Waals surface area contributed by atoms with E-state index in [4.69, 9.17) is 9.15 Å². The Morgan fingerprint density at radius 3 is 2.94 bits per heavy atom. The number of rotatable bonds is 2. The number of ether oxygens (including phenoxy) is 1. The Bertz CT molecular complexity index is 605. The maximum Gasteiger partial charge on any atom is 0.134 e. The Hall–Kier alpha value is -1.83. The maximum atomic E-state index is 10.5. The first kappa shape index (κ1) is 11.3. The van der Waals surface area contributed by atoms with Crippen LogP contribution in [0, 0.1) is 16.7 Å². The van der Waals surface area contributed by atoms with Crippen LogP contribution in [0.2, 0.25) is 0 Å². The molecule has 2 heterocycles. The van der Waals surface area contributed by atoms with Gasteiger partial charge in [-0.05, 0) is 12.5 Å². The van der Waals surface area contributed by atoms with Gasteiger partial charge >= 0.3 is 0 Å². The van der Waals surface area contributed by atoms with E-state index in [-0.39, 0.29) is 6.61 Å². The van der Waals surface area contributed by atoms with Gasteiger partial charge in [0.25, 0.3) is 0 Å². The van der Waals surface area contributed by atoms with E-state index in [1.807, 2.05) is 24.3 Å². The summed E-state index contributed by atoms with van der Waals surface area (Å²) in [5.74, 6) is 0. The molecule has 1 aromatic carbocycles. The molecule has 1 aliphatic heterocycles. The number of hydrogen-bond donors (Lipinski definition) is 1. The topological polar surface area (TPSA) is 66.4 Å². The SMILES string of the molecule is N#CC1(C(O)c2coc3ccccc23)CCOC1.